The van der Waals surface area contributed by atoms with Crippen molar-refractivity contribution in [3.63, 3.8) is 0 Å². The predicted molar refractivity (Wildman–Crippen MR) is 91.6 cm³/mol. The number of piperidine rings is 1. The van der Waals surface area contributed by atoms with Gasteiger partial charge in [-0.25, -0.2) is 0 Å². The van der Waals surface area contributed by atoms with E-state index in [0.29, 0.717) is 17.2 Å². The first-order chi connectivity index (χ1) is 11.7. The number of rotatable bonds is 2. The maximum Gasteiger partial charge on any atom is 0.254 e. The molecule has 1 N–H and O–H groups in total. The van der Waals surface area contributed by atoms with Crippen molar-refractivity contribution in [3.05, 3.63) is 59.2 Å². The Balaban J connectivity index is 1.63. The Bertz CT molecular complexity index is 786. The van der Waals surface area contributed by atoms with Crippen LogP contribution in [0.3, 0.4) is 0 Å². The first kappa shape index (κ1) is 15.1. The highest BCUT2D eigenvalue weighted by atomic mass is 16.5. The monoisotopic (exact) mass is 323 g/mol. The van der Waals surface area contributed by atoms with Crippen molar-refractivity contribution in [2.75, 3.05) is 13.7 Å². The molecule has 2 unspecified atom stereocenters. The molecular weight excluding hydrogens is 302 g/mol. The second-order valence-electron chi connectivity index (χ2n) is 6.60. The topological polar surface area (TPSA) is 49.8 Å². The molecule has 4 rings (SSSR count). The molecule has 2 aliphatic rings. The highest BCUT2D eigenvalue weighted by molar-refractivity contribution is 5.95. The Labute approximate surface area is 141 Å². The van der Waals surface area contributed by atoms with Crippen molar-refractivity contribution in [2.24, 2.45) is 0 Å². The largest absolute Gasteiger partial charge is 0.504 e. The summed E-state index contributed by atoms with van der Waals surface area (Å²) in [5.41, 5.74) is 3.28. The molecule has 1 amide bonds. The molecule has 0 spiro atoms. The lowest BCUT2D eigenvalue weighted by molar-refractivity contribution is 0.0595. The standard InChI is InChI=1S/C20H21NO3/c1-24-19-9-8-14(12-18(19)22)20(23)21-10-4-7-16-15-6-3-2-5-13(15)11-17(16)21/h2-3,5-6,8-9,12,16-17,22H,4,7,10-11H2,1H3. The molecule has 1 fully saturated rings. The molecule has 0 aromatic heterocycles. The third-order valence-corrected chi connectivity index (χ3v) is 5.35. The van der Waals surface area contributed by atoms with E-state index in [-0.39, 0.29) is 17.7 Å². The number of fused-ring (bicyclic) bond motifs is 3. The predicted octanol–water partition coefficient (Wildman–Crippen LogP) is 3.35. The summed E-state index contributed by atoms with van der Waals surface area (Å²) in [7, 11) is 1.50. The number of benzene rings is 2. The van der Waals surface area contributed by atoms with E-state index in [1.165, 1.54) is 24.3 Å². The van der Waals surface area contributed by atoms with Gasteiger partial charge in [0.1, 0.15) is 0 Å². The highest BCUT2D eigenvalue weighted by Crippen LogP contribution is 2.42. The van der Waals surface area contributed by atoms with Crippen LogP contribution in [0.15, 0.2) is 42.5 Å². The number of hydrogen-bond acceptors (Lipinski definition) is 3. The van der Waals surface area contributed by atoms with Gasteiger partial charge in [0.15, 0.2) is 11.5 Å². The Kier molecular flexibility index (Phi) is 3.68. The number of phenols is 1. The number of nitrogens with zero attached hydrogens (tertiary/aromatic N) is 1. The van der Waals surface area contributed by atoms with E-state index in [1.54, 1.807) is 12.1 Å². The SMILES string of the molecule is COc1ccc(C(=O)N2CCCC3c4ccccc4CC32)cc1O. The second kappa shape index (κ2) is 5.86. The van der Waals surface area contributed by atoms with Crippen molar-refractivity contribution < 1.29 is 14.6 Å². The zero-order valence-electron chi connectivity index (χ0n) is 13.7. The molecule has 4 heteroatoms. The molecule has 0 radical (unpaired) electrons. The van der Waals surface area contributed by atoms with Crippen LogP contribution < -0.4 is 4.74 Å². The van der Waals surface area contributed by atoms with E-state index < -0.39 is 0 Å². The molecule has 124 valence electrons. The number of phenolic OH excluding ortho intramolecular Hbond substituents is 1. The number of likely N-dealkylation sites (tertiary alicyclic amines) is 1. The first-order valence-corrected chi connectivity index (χ1v) is 8.45. The summed E-state index contributed by atoms with van der Waals surface area (Å²) in [6, 6.07) is 13.6. The molecule has 0 saturated carbocycles. The number of aromatic hydroxyl groups is 1. The van der Waals surface area contributed by atoms with Crippen LogP contribution >= 0.6 is 0 Å². The fourth-order valence-corrected chi connectivity index (χ4v) is 4.22. The zero-order valence-corrected chi connectivity index (χ0v) is 13.7. The Morgan fingerprint density at radius 3 is 2.88 bits per heavy atom. The molecule has 1 saturated heterocycles. The average Bonchev–Trinajstić information content (AvgIpc) is 2.99. The third-order valence-electron chi connectivity index (χ3n) is 5.35. The van der Waals surface area contributed by atoms with Crippen LogP contribution in [0.4, 0.5) is 0 Å². The van der Waals surface area contributed by atoms with Crippen molar-refractivity contribution >= 4 is 5.91 Å². The summed E-state index contributed by atoms with van der Waals surface area (Å²) < 4.78 is 5.06. The van der Waals surface area contributed by atoms with Crippen molar-refractivity contribution in [1.82, 2.24) is 4.90 Å². The summed E-state index contributed by atoms with van der Waals surface area (Å²) in [4.78, 5) is 15.0. The summed E-state index contributed by atoms with van der Waals surface area (Å²) in [6.07, 6.45) is 3.08. The first-order valence-electron chi connectivity index (χ1n) is 8.45. The summed E-state index contributed by atoms with van der Waals surface area (Å²) in [6.45, 7) is 0.779. The average molecular weight is 323 g/mol. The fraction of sp³-hybridized carbons (Fsp3) is 0.350. The fourth-order valence-electron chi connectivity index (χ4n) is 4.22. The van der Waals surface area contributed by atoms with Gasteiger partial charge in [-0.2, -0.15) is 0 Å². The maximum absolute atomic E-state index is 13.0. The maximum atomic E-state index is 13.0. The highest BCUT2D eigenvalue weighted by Gasteiger charge is 2.40. The van der Waals surface area contributed by atoms with E-state index in [9.17, 15) is 9.90 Å². The molecule has 0 bridgehead atoms. The lowest BCUT2D eigenvalue weighted by Crippen LogP contribution is -2.46. The van der Waals surface area contributed by atoms with Crippen molar-refractivity contribution in [3.8, 4) is 11.5 Å². The van der Waals surface area contributed by atoms with Crippen LogP contribution in [-0.4, -0.2) is 35.6 Å². The molecule has 4 nitrogen and oxygen atoms in total. The Morgan fingerprint density at radius 1 is 1.25 bits per heavy atom. The van der Waals surface area contributed by atoms with Gasteiger partial charge in [-0.15, -0.1) is 0 Å². The smallest absolute Gasteiger partial charge is 0.254 e. The molecule has 2 atom stereocenters. The summed E-state index contributed by atoms with van der Waals surface area (Å²) in [5.74, 6) is 0.823. The minimum Gasteiger partial charge on any atom is -0.504 e. The number of methoxy groups -OCH3 is 1. The Hall–Kier alpha value is -2.49. The van der Waals surface area contributed by atoms with Crippen LogP contribution in [0.2, 0.25) is 0 Å². The van der Waals surface area contributed by atoms with Gasteiger partial charge in [0.25, 0.3) is 5.91 Å². The number of ether oxygens (including phenoxy) is 1. The summed E-state index contributed by atoms with van der Waals surface area (Å²) in [5, 5.41) is 9.97. The van der Waals surface area contributed by atoms with Crippen LogP contribution in [0.1, 0.15) is 40.2 Å². The van der Waals surface area contributed by atoms with Gasteiger partial charge in [-0.1, -0.05) is 24.3 Å². The number of amides is 1. The van der Waals surface area contributed by atoms with Gasteiger partial charge in [0, 0.05) is 24.1 Å². The molecule has 2 aromatic rings. The van der Waals surface area contributed by atoms with Crippen LogP contribution in [0, 0.1) is 0 Å². The van der Waals surface area contributed by atoms with Gasteiger partial charge in [0.2, 0.25) is 0 Å². The van der Waals surface area contributed by atoms with Crippen molar-refractivity contribution in [1.29, 1.82) is 0 Å². The minimum atomic E-state index is -0.00420. The lowest BCUT2D eigenvalue weighted by Gasteiger charge is -2.38. The quantitative estimate of drug-likeness (QED) is 0.922. The lowest BCUT2D eigenvalue weighted by atomic mass is 9.88. The molecule has 2 aromatic carbocycles. The number of carbonyl (C=O) groups excluding carboxylic acids is 1. The Morgan fingerprint density at radius 2 is 2.08 bits per heavy atom. The van der Waals surface area contributed by atoms with Gasteiger partial charge >= 0.3 is 0 Å². The van der Waals surface area contributed by atoms with E-state index >= 15 is 0 Å². The third kappa shape index (κ3) is 2.33. The van der Waals surface area contributed by atoms with E-state index in [0.717, 1.165) is 25.8 Å². The minimum absolute atomic E-state index is 0.00420. The van der Waals surface area contributed by atoms with Gasteiger partial charge in [-0.05, 0) is 48.6 Å². The summed E-state index contributed by atoms with van der Waals surface area (Å²) >= 11 is 0. The molecule has 1 aliphatic carbocycles. The van der Waals surface area contributed by atoms with Gasteiger partial charge in [0.05, 0.1) is 7.11 Å². The molecule has 24 heavy (non-hydrogen) atoms. The van der Waals surface area contributed by atoms with E-state index in [4.69, 9.17) is 4.74 Å². The second-order valence-corrected chi connectivity index (χ2v) is 6.60. The van der Waals surface area contributed by atoms with E-state index in [2.05, 4.69) is 24.3 Å². The van der Waals surface area contributed by atoms with Crippen LogP contribution in [-0.2, 0) is 6.42 Å². The molecule has 1 heterocycles. The van der Waals surface area contributed by atoms with Crippen LogP contribution in [0.25, 0.3) is 0 Å². The zero-order chi connectivity index (χ0) is 16.7. The van der Waals surface area contributed by atoms with Gasteiger partial charge in [-0.3, -0.25) is 4.79 Å². The van der Waals surface area contributed by atoms with Gasteiger partial charge < -0.3 is 14.7 Å². The van der Waals surface area contributed by atoms with Crippen LogP contribution in [0.5, 0.6) is 11.5 Å². The van der Waals surface area contributed by atoms with E-state index in [1.807, 2.05) is 4.90 Å². The molecular formula is C20H21NO3. The van der Waals surface area contributed by atoms with Crippen molar-refractivity contribution in [2.45, 2.75) is 31.2 Å². The number of hydrogen-bond donors (Lipinski definition) is 1. The molecule has 1 aliphatic heterocycles. The normalized spacial score (nSPS) is 22.0. The number of carbonyl (C=O) groups is 1.